The molecule has 9 nitrogen and oxygen atoms in total. The first-order valence-electron chi connectivity index (χ1n) is 8.83. The monoisotopic (exact) mass is 366 g/mol. The summed E-state index contributed by atoms with van der Waals surface area (Å²) in [6.07, 6.45) is 0.419. The van der Waals surface area contributed by atoms with Crippen LogP contribution < -0.4 is 16.2 Å². The first-order valence-corrected chi connectivity index (χ1v) is 8.83. The summed E-state index contributed by atoms with van der Waals surface area (Å²) in [7, 11) is 0. The highest BCUT2D eigenvalue weighted by atomic mass is 16.2. The molecule has 9 heteroatoms. The molecule has 0 spiro atoms. The van der Waals surface area contributed by atoms with Crippen molar-refractivity contribution in [3.63, 3.8) is 0 Å². The number of carbonyl (C=O) groups excluding carboxylic acids is 1. The van der Waals surface area contributed by atoms with Gasteiger partial charge < -0.3 is 10.2 Å². The Morgan fingerprint density at radius 1 is 1.37 bits per heavy atom. The van der Waals surface area contributed by atoms with Crippen molar-refractivity contribution in [1.29, 1.82) is 10.7 Å². The number of nitrogens with zero attached hydrogens (tertiary/aromatic N) is 4. The molecule has 27 heavy (non-hydrogen) atoms. The Morgan fingerprint density at radius 2 is 2.07 bits per heavy atom. The van der Waals surface area contributed by atoms with Crippen LogP contribution >= 0.6 is 0 Å². The number of benzene rings is 1. The molecule has 2 aliphatic rings. The number of hydrogen-bond acceptors (Lipinski definition) is 7. The third kappa shape index (κ3) is 4.48. The van der Waals surface area contributed by atoms with Crippen molar-refractivity contribution in [3.8, 4) is 6.07 Å². The van der Waals surface area contributed by atoms with E-state index in [9.17, 15) is 10.1 Å². The highest BCUT2D eigenvalue weighted by molar-refractivity contribution is 6.46. The molecule has 2 heterocycles. The number of anilines is 1. The molecular weight excluding hydrogens is 344 g/mol. The van der Waals surface area contributed by atoms with Gasteiger partial charge in [-0.15, -0.1) is 0 Å². The van der Waals surface area contributed by atoms with Gasteiger partial charge >= 0.3 is 0 Å². The van der Waals surface area contributed by atoms with Crippen LogP contribution in [0.5, 0.6) is 0 Å². The molecule has 1 unspecified atom stereocenters. The minimum absolute atomic E-state index is 0.0500. The zero-order chi connectivity index (χ0) is 19.2. The summed E-state index contributed by atoms with van der Waals surface area (Å²) in [6.45, 7) is 4.92. The van der Waals surface area contributed by atoms with Crippen LogP contribution in [0.1, 0.15) is 18.9 Å². The maximum Gasteiger partial charge on any atom is 0.240 e. The van der Waals surface area contributed by atoms with Gasteiger partial charge in [0.25, 0.3) is 0 Å². The highest BCUT2D eigenvalue weighted by Crippen LogP contribution is 2.18. The van der Waals surface area contributed by atoms with E-state index in [1.807, 2.05) is 42.2 Å². The lowest BCUT2D eigenvalue weighted by Crippen LogP contribution is -2.48. The predicted molar refractivity (Wildman–Crippen MR) is 104 cm³/mol. The van der Waals surface area contributed by atoms with Gasteiger partial charge in [0.1, 0.15) is 6.07 Å². The minimum atomic E-state index is -0.0742. The van der Waals surface area contributed by atoms with Crippen molar-refractivity contribution in [2.45, 2.75) is 13.3 Å². The third-order valence-electron chi connectivity index (χ3n) is 4.50. The lowest BCUT2D eigenvalue weighted by Gasteiger charge is -2.28. The number of hydrazone groups is 2. The van der Waals surface area contributed by atoms with Gasteiger partial charge in [-0.2, -0.15) is 15.5 Å². The van der Waals surface area contributed by atoms with Gasteiger partial charge in [-0.05, 0) is 17.7 Å². The summed E-state index contributed by atoms with van der Waals surface area (Å²) in [4.78, 5) is 13.2. The largest absolute Gasteiger partial charge is 0.352 e. The maximum atomic E-state index is 11.4. The van der Waals surface area contributed by atoms with Crippen LogP contribution in [0.15, 0.2) is 34.5 Å². The molecule has 1 amide bonds. The quantitative estimate of drug-likeness (QED) is 0.355. The molecule has 2 aliphatic heterocycles. The number of nitriles is 1. The summed E-state index contributed by atoms with van der Waals surface area (Å²) >= 11 is 0. The first-order chi connectivity index (χ1) is 13.1. The SMILES string of the molecule is CC1CC(=O)NN=C1c1ccc(N/N=C(/C#N)C(=N)N2CCNCC2)cc1. The first kappa shape index (κ1) is 18.5. The van der Waals surface area contributed by atoms with Crippen LogP contribution in [-0.4, -0.2) is 54.2 Å². The topological polar surface area (TPSA) is 129 Å². The molecule has 140 valence electrons. The summed E-state index contributed by atoms with van der Waals surface area (Å²) in [5.74, 6) is 0.111. The van der Waals surface area contributed by atoms with Crippen molar-refractivity contribution >= 4 is 28.9 Å². The smallest absolute Gasteiger partial charge is 0.240 e. The summed E-state index contributed by atoms with van der Waals surface area (Å²) in [5.41, 5.74) is 7.86. The lowest BCUT2D eigenvalue weighted by atomic mass is 9.94. The molecule has 0 saturated carbocycles. The summed E-state index contributed by atoms with van der Waals surface area (Å²) < 4.78 is 0. The zero-order valence-electron chi connectivity index (χ0n) is 15.1. The van der Waals surface area contributed by atoms with Crippen LogP contribution in [0.2, 0.25) is 0 Å². The molecule has 0 radical (unpaired) electrons. The van der Waals surface area contributed by atoms with Crippen LogP contribution in [0.3, 0.4) is 0 Å². The molecule has 0 aromatic heterocycles. The molecular formula is C18H22N8O. The van der Waals surface area contributed by atoms with Crippen LogP contribution in [0.25, 0.3) is 0 Å². The van der Waals surface area contributed by atoms with E-state index in [4.69, 9.17) is 5.41 Å². The second-order valence-corrected chi connectivity index (χ2v) is 6.48. The molecule has 3 rings (SSSR count). The molecule has 0 aliphatic carbocycles. The molecule has 1 fully saturated rings. The number of rotatable bonds is 4. The van der Waals surface area contributed by atoms with Gasteiger partial charge in [-0.25, -0.2) is 5.43 Å². The molecule has 1 aromatic rings. The number of piperazine rings is 1. The van der Waals surface area contributed by atoms with E-state index in [0.29, 0.717) is 25.2 Å². The van der Waals surface area contributed by atoms with Gasteiger partial charge in [0.15, 0.2) is 5.84 Å². The second-order valence-electron chi connectivity index (χ2n) is 6.48. The minimum Gasteiger partial charge on any atom is -0.352 e. The van der Waals surface area contributed by atoms with E-state index in [-0.39, 0.29) is 23.4 Å². The van der Waals surface area contributed by atoms with Crippen LogP contribution in [0.4, 0.5) is 5.69 Å². The Labute approximate surface area is 157 Å². The van der Waals surface area contributed by atoms with Crippen molar-refractivity contribution in [2.75, 3.05) is 31.6 Å². The standard InChI is InChI=1S/C18H22N8O/c1-12-10-16(27)24-25-17(12)13-2-4-14(5-3-13)22-23-15(11-19)18(20)26-8-6-21-7-9-26/h2-5,12,20-22H,6-10H2,1H3,(H,24,27)/b20-18?,23-15-. The van der Waals surface area contributed by atoms with E-state index in [2.05, 4.69) is 26.4 Å². The molecule has 1 saturated heterocycles. The number of hydrogen-bond donors (Lipinski definition) is 4. The fourth-order valence-electron chi connectivity index (χ4n) is 3.01. The van der Waals surface area contributed by atoms with Crippen molar-refractivity contribution in [1.82, 2.24) is 15.6 Å². The summed E-state index contributed by atoms with van der Waals surface area (Å²) in [5, 5.41) is 28.9. The van der Waals surface area contributed by atoms with Crippen LogP contribution in [0, 0.1) is 22.7 Å². The molecule has 1 atom stereocenters. The summed E-state index contributed by atoms with van der Waals surface area (Å²) in [6, 6.07) is 9.41. The van der Waals surface area contributed by atoms with Gasteiger partial charge in [-0.3, -0.25) is 15.6 Å². The van der Waals surface area contributed by atoms with Crippen molar-refractivity contribution in [3.05, 3.63) is 29.8 Å². The fourth-order valence-corrected chi connectivity index (χ4v) is 3.01. The normalized spacial score (nSPS) is 20.4. The number of nitrogens with one attached hydrogen (secondary N) is 4. The third-order valence-corrected chi connectivity index (χ3v) is 4.50. The van der Waals surface area contributed by atoms with Gasteiger partial charge in [0.2, 0.25) is 11.6 Å². The highest BCUT2D eigenvalue weighted by Gasteiger charge is 2.21. The van der Waals surface area contributed by atoms with Crippen molar-refractivity contribution < 1.29 is 4.79 Å². The van der Waals surface area contributed by atoms with E-state index in [0.717, 1.165) is 24.4 Å². The molecule has 0 bridgehead atoms. The lowest BCUT2D eigenvalue weighted by molar-refractivity contribution is -0.121. The second kappa shape index (κ2) is 8.42. The predicted octanol–water partition coefficient (Wildman–Crippen LogP) is 0.721. The molecule has 1 aromatic carbocycles. The number of amidine groups is 1. The maximum absolute atomic E-state index is 11.4. The zero-order valence-corrected chi connectivity index (χ0v) is 15.1. The number of carbonyl (C=O) groups is 1. The Hall–Kier alpha value is -3.25. The van der Waals surface area contributed by atoms with E-state index < -0.39 is 0 Å². The fraction of sp³-hybridized carbons (Fsp3) is 0.389. The molecule has 4 N–H and O–H groups in total. The van der Waals surface area contributed by atoms with Crippen LogP contribution in [-0.2, 0) is 4.79 Å². The Balaban J connectivity index is 1.67. The van der Waals surface area contributed by atoms with Crippen molar-refractivity contribution in [2.24, 2.45) is 16.1 Å². The van der Waals surface area contributed by atoms with Gasteiger partial charge in [-0.1, -0.05) is 19.1 Å². The Kier molecular flexibility index (Phi) is 5.78. The van der Waals surface area contributed by atoms with E-state index >= 15 is 0 Å². The Morgan fingerprint density at radius 3 is 2.70 bits per heavy atom. The number of amides is 1. The average Bonchev–Trinajstić information content (AvgIpc) is 2.69. The van der Waals surface area contributed by atoms with Gasteiger partial charge in [0, 0.05) is 38.5 Å². The van der Waals surface area contributed by atoms with Gasteiger partial charge in [0.05, 0.1) is 11.4 Å². The van der Waals surface area contributed by atoms with E-state index in [1.165, 1.54) is 0 Å². The van der Waals surface area contributed by atoms with E-state index in [1.54, 1.807) is 0 Å². The Bertz CT molecular complexity index is 815. The average molecular weight is 366 g/mol.